The highest BCUT2D eigenvalue weighted by Crippen LogP contribution is 1.87. The molecule has 0 bridgehead atoms. The Balaban J connectivity index is 2.62. The average molecular weight is 135 g/mol. The van der Waals surface area contributed by atoms with Gasteiger partial charge in [0.1, 0.15) is 0 Å². The third-order valence-corrected chi connectivity index (χ3v) is 1.02. The lowest BCUT2D eigenvalue weighted by Crippen LogP contribution is -2.11. The molecular weight excluding hydrogens is 126 g/mol. The molecule has 0 aliphatic heterocycles. The minimum absolute atomic E-state index is 0.667. The van der Waals surface area contributed by atoms with Gasteiger partial charge in [0.2, 0.25) is 0 Å². The number of nitrogens with one attached hydrogen (secondary N) is 1. The second kappa shape index (κ2) is 6.76. The van der Waals surface area contributed by atoms with E-state index in [-0.39, 0.29) is 0 Å². The van der Waals surface area contributed by atoms with Crippen LogP contribution in [0, 0.1) is 0 Å². The molecule has 0 aromatic carbocycles. The van der Waals surface area contributed by atoms with Crippen molar-refractivity contribution in [3.63, 3.8) is 0 Å². The number of amides is 1. The van der Waals surface area contributed by atoms with Crippen molar-refractivity contribution in [2.24, 2.45) is 0 Å². The molecule has 0 unspecified atom stereocenters. The van der Waals surface area contributed by atoms with E-state index in [4.69, 9.17) is 11.6 Å². The van der Waals surface area contributed by atoms with E-state index >= 15 is 0 Å². The molecule has 0 atom stereocenters. The maximum absolute atomic E-state index is 9.50. The van der Waals surface area contributed by atoms with Crippen molar-refractivity contribution < 1.29 is 4.79 Å². The highest BCUT2D eigenvalue weighted by atomic mass is 35.5. The van der Waals surface area contributed by atoms with Crippen molar-refractivity contribution in [3.8, 4) is 0 Å². The lowest BCUT2D eigenvalue weighted by atomic mass is 10.3. The zero-order valence-electron chi connectivity index (χ0n) is 4.61. The van der Waals surface area contributed by atoms with E-state index in [0.717, 1.165) is 12.8 Å². The molecule has 0 aliphatic carbocycles. The molecule has 0 spiro atoms. The van der Waals surface area contributed by atoms with Gasteiger partial charge in [-0.25, -0.2) is 0 Å². The molecule has 8 heavy (non-hydrogen) atoms. The Morgan fingerprint density at radius 3 is 2.75 bits per heavy atom. The third kappa shape index (κ3) is 5.76. The maximum Gasteiger partial charge on any atom is 0.309 e. The predicted octanol–water partition coefficient (Wildman–Crippen LogP) is 0.662. The van der Waals surface area contributed by atoms with E-state index in [1.54, 1.807) is 6.41 Å². The van der Waals surface area contributed by atoms with Crippen LogP contribution in [0.5, 0.6) is 0 Å². The topological polar surface area (TPSA) is 29.1 Å². The van der Waals surface area contributed by atoms with Crippen LogP contribution in [0.25, 0.3) is 0 Å². The molecule has 3 heteroatoms. The zero-order chi connectivity index (χ0) is 6.24. The summed E-state index contributed by atoms with van der Waals surface area (Å²) in [5.74, 6) is 0.667. The van der Waals surface area contributed by atoms with Crippen LogP contribution in [0.3, 0.4) is 0 Å². The van der Waals surface area contributed by atoms with Gasteiger partial charge >= 0.3 is 6.41 Å². The number of carbonyl (C=O) groups excluding carboxylic acids is 1. The van der Waals surface area contributed by atoms with Gasteiger partial charge in [0.25, 0.3) is 0 Å². The summed E-state index contributed by atoms with van der Waals surface area (Å²) >= 11 is 5.35. The van der Waals surface area contributed by atoms with Gasteiger partial charge < -0.3 is 5.32 Å². The Kier molecular flexibility index (Phi) is 6.56. The summed E-state index contributed by atoms with van der Waals surface area (Å²) in [5, 5.41) is 2.42. The molecule has 2 nitrogen and oxygen atoms in total. The second-order valence-corrected chi connectivity index (χ2v) is 1.80. The Bertz CT molecular complexity index is 58.4. The summed E-state index contributed by atoms with van der Waals surface area (Å²) < 4.78 is 0. The third-order valence-electron chi connectivity index (χ3n) is 0.758. The van der Waals surface area contributed by atoms with Gasteiger partial charge in [-0.15, -0.1) is 11.6 Å². The highest BCUT2D eigenvalue weighted by Gasteiger charge is 1.82. The zero-order valence-corrected chi connectivity index (χ0v) is 5.37. The van der Waals surface area contributed by atoms with Crippen LogP contribution in [0.1, 0.15) is 12.8 Å². The number of rotatable bonds is 5. The predicted molar refractivity (Wildman–Crippen MR) is 33.7 cm³/mol. The van der Waals surface area contributed by atoms with Crippen molar-refractivity contribution >= 4 is 18.0 Å². The molecule has 0 saturated heterocycles. The molecule has 0 aromatic heterocycles. The smallest absolute Gasteiger partial charge is 0.309 e. The van der Waals surface area contributed by atoms with E-state index in [1.165, 1.54) is 0 Å². The fourth-order valence-electron chi connectivity index (χ4n) is 0.359. The van der Waals surface area contributed by atoms with Crippen molar-refractivity contribution in [2.45, 2.75) is 12.8 Å². The lowest BCUT2D eigenvalue weighted by molar-refractivity contribution is 0.540. The van der Waals surface area contributed by atoms with E-state index in [0.29, 0.717) is 12.4 Å². The first kappa shape index (κ1) is 7.76. The summed E-state index contributed by atoms with van der Waals surface area (Å²) in [7, 11) is 0. The molecule has 1 N–H and O–H groups in total. The Labute approximate surface area is 54.2 Å². The Hall–Kier alpha value is -0.240. The van der Waals surface area contributed by atoms with Gasteiger partial charge in [-0.1, -0.05) is 0 Å². The number of hydrogen-bond acceptors (Lipinski definition) is 1. The van der Waals surface area contributed by atoms with E-state index in [1.807, 2.05) is 0 Å². The first-order chi connectivity index (χ1) is 3.91. The summed E-state index contributed by atoms with van der Waals surface area (Å²) in [4.78, 5) is 9.50. The summed E-state index contributed by atoms with van der Waals surface area (Å²) in [6, 6.07) is 0. The quantitative estimate of drug-likeness (QED) is 0.334. The van der Waals surface area contributed by atoms with Crippen molar-refractivity contribution in [1.82, 2.24) is 5.32 Å². The van der Waals surface area contributed by atoms with Gasteiger partial charge in [0.15, 0.2) is 0 Å². The van der Waals surface area contributed by atoms with Crippen molar-refractivity contribution in [3.05, 3.63) is 0 Å². The molecule has 0 aliphatic rings. The summed E-state index contributed by atoms with van der Waals surface area (Å²) in [5.41, 5.74) is 0. The Morgan fingerprint density at radius 1 is 1.50 bits per heavy atom. The molecule has 1 radical (unpaired) electrons. The minimum atomic E-state index is 0.667. The molecule has 0 rings (SSSR count). The van der Waals surface area contributed by atoms with Crippen LogP contribution in [0.4, 0.5) is 0 Å². The monoisotopic (exact) mass is 134 g/mol. The lowest BCUT2D eigenvalue weighted by Gasteiger charge is -1.92. The van der Waals surface area contributed by atoms with Crippen molar-refractivity contribution in [2.75, 3.05) is 12.4 Å². The maximum atomic E-state index is 9.50. The van der Waals surface area contributed by atoms with Crippen molar-refractivity contribution in [1.29, 1.82) is 0 Å². The molecule has 0 fully saturated rings. The van der Waals surface area contributed by atoms with E-state index < -0.39 is 0 Å². The number of hydrogen-bond donors (Lipinski definition) is 1. The number of halogens is 1. The molecule has 1 amide bonds. The fourth-order valence-corrected chi connectivity index (χ4v) is 0.548. The van der Waals surface area contributed by atoms with Crippen LogP contribution in [0.2, 0.25) is 0 Å². The normalized spacial score (nSPS) is 8.62. The van der Waals surface area contributed by atoms with Gasteiger partial charge in [-0.3, -0.25) is 4.79 Å². The van der Waals surface area contributed by atoms with Gasteiger partial charge in [0.05, 0.1) is 0 Å². The fraction of sp³-hybridized carbons (Fsp3) is 0.800. The van der Waals surface area contributed by atoms with E-state index in [2.05, 4.69) is 5.32 Å². The van der Waals surface area contributed by atoms with Crippen LogP contribution in [-0.2, 0) is 4.79 Å². The summed E-state index contributed by atoms with van der Waals surface area (Å²) in [6.07, 6.45) is 3.48. The van der Waals surface area contributed by atoms with E-state index in [9.17, 15) is 4.79 Å². The largest absolute Gasteiger partial charge is 0.348 e. The molecular formula is C5H9ClNO. The van der Waals surface area contributed by atoms with Gasteiger partial charge in [-0.05, 0) is 12.8 Å². The van der Waals surface area contributed by atoms with Crippen LogP contribution < -0.4 is 5.32 Å². The highest BCUT2D eigenvalue weighted by molar-refractivity contribution is 6.17. The summed E-state index contributed by atoms with van der Waals surface area (Å²) in [6.45, 7) is 0.691. The minimum Gasteiger partial charge on any atom is -0.348 e. The molecule has 0 saturated carbocycles. The first-order valence-corrected chi connectivity index (χ1v) is 3.11. The van der Waals surface area contributed by atoms with Gasteiger partial charge in [0, 0.05) is 12.4 Å². The van der Waals surface area contributed by atoms with Crippen LogP contribution >= 0.6 is 11.6 Å². The first-order valence-electron chi connectivity index (χ1n) is 2.57. The Morgan fingerprint density at radius 2 is 2.25 bits per heavy atom. The standard InChI is InChI=1S/C5H9ClNO/c6-3-1-2-4-7-5-8/h1-4H2,(H,7,8). The molecule has 47 valence electrons. The van der Waals surface area contributed by atoms with Gasteiger partial charge in [-0.2, -0.15) is 0 Å². The van der Waals surface area contributed by atoms with Crippen LogP contribution in [-0.4, -0.2) is 18.8 Å². The number of unbranched alkanes of at least 4 members (excludes halogenated alkanes) is 1. The molecule has 0 heterocycles. The van der Waals surface area contributed by atoms with Crippen LogP contribution in [0.15, 0.2) is 0 Å². The number of alkyl halides is 1. The SMILES string of the molecule is O=[C]NCCCCCl. The molecule has 0 aromatic rings. The average Bonchev–Trinajstić information content (AvgIpc) is 1.81. The second-order valence-electron chi connectivity index (χ2n) is 1.42.